The van der Waals surface area contributed by atoms with E-state index in [-0.39, 0.29) is 5.75 Å². The van der Waals surface area contributed by atoms with Crippen molar-refractivity contribution < 1.29 is 9.13 Å². The summed E-state index contributed by atoms with van der Waals surface area (Å²) >= 11 is 1.39. The van der Waals surface area contributed by atoms with Gasteiger partial charge in [-0.3, -0.25) is 0 Å². The Labute approximate surface area is 125 Å². The molecule has 0 saturated carbocycles. The zero-order chi connectivity index (χ0) is 14.8. The van der Waals surface area contributed by atoms with Crippen molar-refractivity contribution in [3.63, 3.8) is 0 Å². The van der Waals surface area contributed by atoms with E-state index in [1.807, 2.05) is 30.3 Å². The number of aromatic nitrogens is 1. The summed E-state index contributed by atoms with van der Waals surface area (Å²) in [4.78, 5) is 4.53. The topological polar surface area (TPSA) is 48.1 Å². The molecular formula is C16H13FN2OS. The maximum Gasteiger partial charge on any atom is 0.165 e. The van der Waals surface area contributed by atoms with Gasteiger partial charge in [-0.25, -0.2) is 9.37 Å². The summed E-state index contributed by atoms with van der Waals surface area (Å²) in [6.45, 7) is 0. The molecule has 5 heteroatoms. The first-order valence-corrected chi connectivity index (χ1v) is 7.16. The van der Waals surface area contributed by atoms with E-state index in [1.54, 1.807) is 12.1 Å². The van der Waals surface area contributed by atoms with Gasteiger partial charge in [-0.15, -0.1) is 0 Å². The number of nitrogen functional groups attached to an aromatic ring is 1. The van der Waals surface area contributed by atoms with Crippen molar-refractivity contribution in [2.45, 2.75) is 0 Å². The van der Waals surface area contributed by atoms with Gasteiger partial charge in [-0.1, -0.05) is 41.7 Å². The molecule has 3 nitrogen and oxygen atoms in total. The summed E-state index contributed by atoms with van der Waals surface area (Å²) in [5, 5.41) is 1.39. The zero-order valence-electron chi connectivity index (χ0n) is 11.3. The molecular weight excluding hydrogens is 287 g/mol. The second-order valence-electron chi connectivity index (χ2n) is 4.45. The molecule has 0 unspecified atom stereocenters. The Hall–Kier alpha value is -2.40. The number of thiazole rings is 1. The molecule has 2 N–H and O–H groups in total. The van der Waals surface area contributed by atoms with E-state index < -0.39 is 5.82 Å². The van der Waals surface area contributed by atoms with Gasteiger partial charge >= 0.3 is 0 Å². The Morgan fingerprint density at radius 2 is 1.86 bits per heavy atom. The molecule has 3 aromatic rings. The fraction of sp³-hybridized carbons (Fsp3) is 0.0625. The predicted octanol–water partition coefficient (Wildman–Crippen LogP) is 4.21. The highest BCUT2D eigenvalue weighted by molar-refractivity contribution is 7.19. The van der Waals surface area contributed by atoms with Gasteiger partial charge in [0, 0.05) is 11.1 Å². The number of halogens is 1. The van der Waals surface area contributed by atoms with E-state index in [1.165, 1.54) is 24.5 Å². The number of nitrogens with two attached hydrogens (primary N) is 1. The van der Waals surface area contributed by atoms with E-state index in [0.717, 1.165) is 10.6 Å². The van der Waals surface area contributed by atoms with Crippen molar-refractivity contribution in [3.8, 4) is 27.6 Å². The molecule has 0 saturated heterocycles. The number of methoxy groups -OCH3 is 1. The van der Waals surface area contributed by atoms with Crippen molar-refractivity contribution in [1.82, 2.24) is 4.98 Å². The van der Waals surface area contributed by atoms with Crippen molar-refractivity contribution in [3.05, 3.63) is 54.3 Å². The third-order valence-electron chi connectivity index (χ3n) is 3.10. The van der Waals surface area contributed by atoms with E-state index in [4.69, 9.17) is 10.5 Å². The molecule has 2 aromatic carbocycles. The van der Waals surface area contributed by atoms with Gasteiger partial charge in [0.1, 0.15) is 15.7 Å². The fourth-order valence-electron chi connectivity index (χ4n) is 2.06. The third kappa shape index (κ3) is 2.60. The smallest absolute Gasteiger partial charge is 0.165 e. The molecule has 106 valence electrons. The summed E-state index contributed by atoms with van der Waals surface area (Å²) in [7, 11) is 1.43. The SMILES string of the molecule is COc1ccc(-c2nc(-c3ccccc3)sc2N)cc1F. The highest BCUT2D eigenvalue weighted by atomic mass is 32.1. The number of hydrogen-bond acceptors (Lipinski definition) is 4. The van der Waals surface area contributed by atoms with Crippen molar-refractivity contribution >= 4 is 16.3 Å². The fourth-order valence-corrected chi connectivity index (χ4v) is 2.92. The molecule has 1 aromatic heterocycles. The minimum atomic E-state index is -0.427. The Bertz CT molecular complexity index is 771. The van der Waals surface area contributed by atoms with Gasteiger partial charge in [-0.05, 0) is 18.2 Å². The summed E-state index contributed by atoms with van der Waals surface area (Å²) < 4.78 is 18.7. The third-order valence-corrected chi connectivity index (χ3v) is 4.03. The first-order valence-electron chi connectivity index (χ1n) is 6.34. The Morgan fingerprint density at radius 1 is 1.10 bits per heavy atom. The van der Waals surface area contributed by atoms with Crippen LogP contribution in [-0.4, -0.2) is 12.1 Å². The minimum Gasteiger partial charge on any atom is -0.494 e. The Balaban J connectivity index is 2.04. The average Bonchev–Trinajstić information content (AvgIpc) is 2.90. The first-order chi connectivity index (χ1) is 10.2. The van der Waals surface area contributed by atoms with Crippen molar-refractivity contribution in [1.29, 1.82) is 0 Å². The first kappa shape index (κ1) is 13.6. The van der Waals surface area contributed by atoms with Crippen LogP contribution >= 0.6 is 11.3 Å². The van der Waals surface area contributed by atoms with Gasteiger partial charge in [0.05, 0.1) is 7.11 Å². The van der Waals surface area contributed by atoms with Crippen molar-refractivity contribution in [2.24, 2.45) is 0 Å². The van der Waals surface area contributed by atoms with Crippen LogP contribution in [0.15, 0.2) is 48.5 Å². The number of nitrogens with zero attached hydrogens (tertiary/aromatic N) is 1. The summed E-state index contributed by atoms with van der Waals surface area (Å²) in [5.74, 6) is -0.223. The lowest BCUT2D eigenvalue weighted by atomic mass is 10.1. The van der Waals surface area contributed by atoms with Gasteiger partial charge < -0.3 is 10.5 Å². The monoisotopic (exact) mass is 300 g/mol. The standard InChI is InChI=1S/C16H13FN2OS/c1-20-13-8-7-11(9-12(13)17)14-15(18)21-16(19-14)10-5-3-2-4-6-10/h2-9H,18H2,1H3. The quantitative estimate of drug-likeness (QED) is 0.788. The largest absolute Gasteiger partial charge is 0.494 e. The lowest BCUT2D eigenvalue weighted by molar-refractivity contribution is 0.386. The number of hydrogen-bond donors (Lipinski definition) is 1. The lowest BCUT2D eigenvalue weighted by Gasteiger charge is -2.03. The number of anilines is 1. The molecule has 0 atom stereocenters. The second kappa shape index (κ2) is 5.54. The minimum absolute atomic E-state index is 0.204. The molecule has 3 rings (SSSR count). The van der Waals surface area contributed by atoms with Crippen LogP contribution in [0.2, 0.25) is 0 Å². The van der Waals surface area contributed by atoms with Gasteiger partial charge in [0.2, 0.25) is 0 Å². The number of benzene rings is 2. The zero-order valence-corrected chi connectivity index (χ0v) is 12.2. The molecule has 0 spiro atoms. The molecule has 0 bridgehead atoms. The van der Waals surface area contributed by atoms with Crippen LogP contribution in [-0.2, 0) is 0 Å². The Kier molecular flexibility index (Phi) is 3.58. The van der Waals surface area contributed by atoms with E-state index in [2.05, 4.69) is 4.98 Å². The maximum atomic E-state index is 13.8. The molecule has 1 heterocycles. The van der Waals surface area contributed by atoms with E-state index in [0.29, 0.717) is 16.3 Å². The van der Waals surface area contributed by atoms with Crippen LogP contribution in [0.25, 0.3) is 21.8 Å². The van der Waals surface area contributed by atoms with Crippen LogP contribution < -0.4 is 10.5 Å². The predicted molar refractivity (Wildman–Crippen MR) is 83.9 cm³/mol. The van der Waals surface area contributed by atoms with Crippen LogP contribution in [0.3, 0.4) is 0 Å². The van der Waals surface area contributed by atoms with Gasteiger partial charge in [-0.2, -0.15) is 0 Å². The molecule has 0 amide bonds. The van der Waals surface area contributed by atoms with Crippen LogP contribution in [0, 0.1) is 5.82 Å². The summed E-state index contributed by atoms with van der Waals surface area (Å²) in [6, 6.07) is 14.5. The average molecular weight is 300 g/mol. The van der Waals surface area contributed by atoms with Crippen LogP contribution in [0.4, 0.5) is 9.39 Å². The summed E-state index contributed by atoms with van der Waals surface area (Å²) in [5.41, 5.74) is 8.27. The molecule has 0 aliphatic carbocycles. The molecule has 0 fully saturated rings. The summed E-state index contributed by atoms with van der Waals surface area (Å²) in [6.07, 6.45) is 0. The molecule has 0 aliphatic heterocycles. The van der Waals surface area contributed by atoms with E-state index >= 15 is 0 Å². The number of rotatable bonds is 3. The molecule has 21 heavy (non-hydrogen) atoms. The second-order valence-corrected chi connectivity index (χ2v) is 5.48. The Morgan fingerprint density at radius 3 is 2.52 bits per heavy atom. The molecule has 0 aliphatic rings. The van der Waals surface area contributed by atoms with Gasteiger partial charge in [0.15, 0.2) is 11.6 Å². The van der Waals surface area contributed by atoms with Crippen molar-refractivity contribution in [2.75, 3.05) is 12.8 Å². The number of ether oxygens (including phenoxy) is 1. The van der Waals surface area contributed by atoms with Gasteiger partial charge in [0.25, 0.3) is 0 Å². The van der Waals surface area contributed by atoms with Crippen LogP contribution in [0.1, 0.15) is 0 Å². The highest BCUT2D eigenvalue weighted by Crippen LogP contribution is 2.36. The van der Waals surface area contributed by atoms with Crippen LogP contribution in [0.5, 0.6) is 5.75 Å². The lowest BCUT2D eigenvalue weighted by Crippen LogP contribution is -1.90. The van der Waals surface area contributed by atoms with E-state index in [9.17, 15) is 4.39 Å². The maximum absolute atomic E-state index is 13.8. The highest BCUT2D eigenvalue weighted by Gasteiger charge is 2.14. The molecule has 0 radical (unpaired) electrons. The normalized spacial score (nSPS) is 10.6.